The van der Waals surface area contributed by atoms with Crippen LogP contribution >= 0.6 is 0 Å². The Labute approximate surface area is 68.5 Å². The number of ether oxygens (including phenoxy) is 1. The minimum atomic E-state index is 0.478. The molecule has 2 heteroatoms. The first-order valence-electron chi connectivity index (χ1n) is 4.82. The molecule has 0 aliphatic carbocycles. The maximum absolute atomic E-state index is 5.69. The van der Waals surface area contributed by atoms with E-state index in [9.17, 15) is 0 Å². The molecule has 1 unspecified atom stereocenters. The van der Waals surface area contributed by atoms with Gasteiger partial charge in [-0.3, -0.25) is 4.90 Å². The van der Waals surface area contributed by atoms with E-state index in [0.717, 1.165) is 6.61 Å². The Morgan fingerprint density at radius 1 is 1.00 bits per heavy atom. The number of likely N-dealkylation sites (tertiary alicyclic amines) is 1. The second-order valence-electron chi connectivity index (χ2n) is 3.56. The lowest BCUT2D eigenvalue weighted by molar-refractivity contribution is -0.0762. The topological polar surface area (TPSA) is 12.5 Å². The van der Waals surface area contributed by atoms with Crippen LogP contribution in [0.5, 0.6) is 0 Å². The summed E-state index contributed by atoms with van der Waals surface area (Å²) in [4.78, 5) is 2.50. The summed E-state index contributed by atoms with van der Waals surface area (Å²) in [6.07, 6.45) is 7.12. The molecule has 2 aliphatic heterocycles. The van der Waals surface area contributed by atoms with E-state index in [2.05, 4.69) is 4.90 Å². The van der Waals surface area contributed by atoms with Gasteiger partial charge in [-0.15, -0.1) is 0 Å². The van der Waals surface area contributed by atoms with E-state index in [-0.39, 0.29) is 0 Å². The third-order valence-electron chi connectivity index (χ3n) is 2.70. The lowest BCUT2D eigenvalue weighted by atomic mass is 10.2. The van der Waals surface area contributed by atoms with E-state index in [1.807, 2.05) is 0 Å². The van der Waals surface area contributed by atoms with Crippen molar-refractivity contribution in [3.63, 3.8) is 0 Å². The van der Waals surface area contributed by atoms with Gasteiger partial charge < -0.3 is 4.74 Å². The van der Waals surface area contributed by atoms with E-state index in [0.29, 0.717) is 6.23 Å². The van der Waals surface area contributed by atoms with Gasteiger partial charge in [0, 0.05) is 19.7 Å². The first-order chi connectivity index (χ1) is 5.47. The largest absolute Gasteiger partial charge is 0.363 e. The van der Waals surface area contributed by atoms with Crippen LogP contribution in [-0.4, -0.2) is 30.8 Å². The number of nitrogens with zero attached hydrogens (tertiary/aromatic N) is 1. The molecule has 0 radical (unpaired) electrons. The van der Waals surface area contributed by atoms with Gasteiger partial charge >= 0.3 is 0 Å². The number of hydrogen-bond donors (Lipinski definition) is 0. The van der Waals surface area contributed by atoms with Gasteiger partial charge in [-0.05, 0) is 32.1 Å². The molecule has 0 aromatic carbocycles. The molecule has 0 bridgehead atoms. The molecule has 2 saturated heterocycles. The fourth-order valence-electron chi connectivity index (χ4n) is 2.04. The van der Waals surface area contributed by atoms with Gasteiger partial charge in [0.05, 0.1) is 0 Å². The molecule has 2 heterocycles. The van der Waals surface area contributed by atoms with Gasteiger partial charge in [0.15, 0.2) is 0 Å². The summed E-state index contributed by atoms with van der Waals surface area (Å²) in [5.41, 5.74) is 0. The Morgan fingerprint density at radius 2 is 1.82 bits per heavy atom. The van der Waals surface area contributed by atoms with Crippen molar-refractivity contribution >= 4 is 0 Å². The Kier molecular flexibility index (Phi) is 2.44. The summed E-state index contributed by atoms with van der Waals surface area (Å²) < 4.78 is 5.69. The first kappa shape index (κ1) is 7.56. The summed E-state index contributed by atoms with van der Waals surface area (Å²) in [6.45, 7) is 3.52. The van der Waals surface area contributed by atoms with Gasteiger partial charge in [0.1, 0.15) is 6.23 Å². The van der Waals surface area contributed by atoms with Crippen LogP contribution in [0.15, 0.2) is 0 Å². The summed E-state index contributed by atoms with van der Waals surface area (Å²) in [5, 5.41) is 0. The number of rotatable bonds is 1. The van der Waals surface area contributed by atoms with E-state index in [4.69, 9.17) is 4.74 Å². The molecule has 0 spiro atoms. The zero-order valence-corrected chi connectivity index (χ0v) is 7.09. The summed E-state index contributed by atoms with van der Waals surface area (Å²) in [7, 11) is 0. The highest BCUT2D eigenvalue weighted by Gasteiger charge is 2.23. The maximum atomic E-state index is 5.69. The Balaban J connectivity index is 1.82. The Hall–Kier alpha value is -0.0800. The van der Waals surface area contributed by atoms with Crippen LogP contribution in [-0.2, 0) is 4.74 Å². The Bertz CT molecular complexity index is 115. The molecular formula is C9H17NO. The van der Waals surface area contributed by atoms with Crippen molar-refractivity contribution in [3.8, 4) is 0 Å². The van der Waals surface area contributed by atoms with Crippen LogP contribution in [0, 0.1) is 0 Å². The van der Waals surface area contributed by atoms with Crippen molar-refractivity contribution in [2.45, 2.75) is 38.3 Å². The van der Waals surface area contributed by atoms with Crippen LogP contribution in [0.25, 0.3) is 0 Å². The lowest BCUT2D eigenvalue weighted by Crippen LogP contribution is -2.37. The van der Waals surface area contributed by atoms with Crippen LogP contribution < -0.4 is 0 Å². The third-order valence-corrected chi connectivity index (χ3v) is 2.70. The van der Waals surface area contributed by atoms with E-state index >= 15 is 0 Å². The third kappa shape index (κ3) is 1.74. The van der Waals surface area contributed by atoms with Crippen molar-refractivity contribution < 1.29 is 4.74 Å². The molecule has 0 amide bonds. The highest BCUT2D eigenvalue weighted by atomic mass is 16.5. The molecule has 2 fully saturated rings. The molecule has 2 aliphatic rings. The fraction of sp³-hybridized carbons (Fsp3) is 1.00. The highest BCUT2D eigenvalue weighted by Crippen LogP contribution is 2.20. The zero-order valence-electron chi connectivity index (χ0n) is 7.09. The van der Waals surface area contributed by atoms with Crippen LogP contribution in [0.1, 0.15) is 32.1 Å². The molecule has 2 nitrogen and oxygen atoms in total. The SMILES string of the molecule is C1CCC(N2CCCC2)OC1. The van der Waals surface area contributed by atoms with Crippen LogP contribution in [0.4, 0.5) is 0 Å². The van der Waals surface area contributed by atoms with Gasteiger partial charge in [-0.1, -0.05) is 0 Å². The van der Waals surface area contributed by atoms with Crippen molar-refractivity contribution in [2.75, 3.05) is 19.7 Å². The van der Waals surface area contributed by atoms with Crippen molar-refractivity contribution in [3.05, 3.63) is 0 Å². The standard InChI is InChI=1S/C9H17NO/c1-4-8-11-9(5-1)10-6-2-3-7-10/h9H,1-8H2. The molecule has 11 heavy (non-hydrogen) atoms. The normalized spacial score (nSPS) is 34.4. The minimum Gasteiger partial charge on any atom is -0.363 e. The molecule has 0 saturated carbocycles. The summed E-state index contributed by atoms with van der Waals surface area (Å²) in [5.74, 6) is 0. The van der Waals surface area contributed by atoms with Crippen molar-refractivity contribution in [2.24, 2.45) is 0 Å². The van der Waals surface area contributed by atoms with Crippen LogP contribution in [0.2, 0.25) is 0 Å². The summed E-state index contributed by atoms with van der Waals surface area (Å²) in [6, 6.07) is 0. The predicted molar refractivity (Wildman–Crippen MR) is 44.4 cm³/mol. The molecular weight excluding hydrogens is 138 g/mol. The molecule has 2 rings (SSSR count). The molecule has 0 N–H and O–H groups in total. The Morgan fingerprint density at radius 3 is 2.45 bits per heavy atom. The second kappa shape index (κ2) is 3.55. The van der Waals surface area contributed by atoms with Crippen molar-refractivity contribution in [1.82, 2.24) is 4.90 Å². The molecule has 1 atom stereocenters. The maximum Gasteiger partial charge on any atom is 0.110 e. The highest BCUT2D eigenvalue weighted by molar-refractivity contribution is 4.72. The van der Waals surface area contributed by atoms with Gasteiger partial charge in [0.2, 0.25) is 0 Å². The van der Waals surface area contributed by atoms with E-state index in [1.165, 1.54) is 45.2 Å². The summed E-state index contributed by atoms with van der Waals surface area (Å²) >= 11 is 0. The van der Waals surface area contributed by atoms with Crippen molar-refractivity contribution in [1.29, 1.82) is 0 Å². The fourth-order valence-corrected chi connectivity index (χ4v) is 2.04. The second-order valence-corrected chi connectivity index (χ2v) is 3.56. The first-order valence-corrected chi connectivity index (χ1v) is 4.82. The van der Waals surface area contributed by atoms with Gasteiger partial charge in [0.25, 0.3) is 0 Å². The van der Waals surface area contributed by atoms with E-state index in [1.54, 1.807) is 0 Å². The van der Waals surface area contributed by atoms with Crippen LogP contribution in [0.3, 0.4) is 0 Å². The number of hydrogen-bond acceptors (Lipinski definition) is 2. The quantitative estimate of drug-likeness (QED) is 0.570. The van der Waals surface area contributed by atoms with E-state index < -0.39 is 0 Å². The van der Waals surface area contributed by atoms with Gasteiger partial charge in [-0.2, -0.15) is 0 Å². The zero-order chi connectivity index (χ0) is 7.52. The molecule has 0 aromatic heterocycles. The lowest BCUT2D eigenvalue weighted by Gasteiger charge is -2.30. The molecule has 0 aromatic rings. The molecule has 64 valence electrons. The predicted octanol–water partition coefficient (Wildman–Crippen LogP) is 1.61. The average Bonchev–Trinajstić information content (AvgIpc) is 2.58. The van der Waals surface area contributed by atoms with Gasteiger partial charge in [-0.25, -0.2) is 0 Å². The smallest absolute Gasteiger partial charge is 0.110 e. The minimum absolute atomic E-state index is 0.478. The monoisotopic (exact) mass is 155 g/mol. The average molecular weight is 155 g/mol.